The highest BCUT2D eigenvalue weighted by atomic mass is 32.1. The second kappa shape index (κ2) is 10.9. The van der Waals surface area contributed by atoms with Crippen LogP contribution in [0.4, 0.5) is 13.2 Å². The van der Waals surface area contributed by atoms with Crippen molar-refractivity contribution in [2.45, 2.75) is 44.7 Å². The predicted molar refractivity (Wildman–Crippen MR) is 130 cm³/mol. The van der Waals surface area contributed by atoms with E-state index >= 15 is 0 Å². The molecule has 2 aromatic carbocycles. The molecule has 6 nitrogen and oxygen atoms in total. The Balaban J connectivity index is 2.01. The molecule has 0 radical (unpaired) electrons. The van der Waals surface area contributed by atoms with Crippen LogP contribution >= 0.6 is 11.3 Å². The molecule has 10 heteroatoms. The first kappa shape index (κ1) is 26.9. The van der Waals surface area contributed by atoms with E-state index in [4.69, 9.17) is 5.73 Å². The lowest BCUT2D eigenvalue weighted by molar-refractivity contribution is -0.144. The number of carboxylic acids is 1. The first-order chi connectivity index (χ1) is 16.9. The number of benzene rings is 2. The molecule has 190 valence electrons. The maximum Gasteiger partial charge on any atom is 0.326 e. The van der Waals surface area contributed by atoms with Crippen LogP contribution in [0.15, 0.2) is 54.6 Å². The first-order valence-corrected chi connectivity index (χ1v) is 11.8. The van der Waals surface area contributed by atoms with Crippen molar-refractivity contribution in [2.75, 3.05) is 0 Å². The lowest BCUT2D eigenvalue weighted by Gasteiger charge is -2.42. The fourth-order valence-electron chi connectivity index (χ4n) is 4.04. The maximum absolute atomic E-state index is 13.8. The molecule has 3 aromatic rings. The van der Waals surface area contributed by atoms with Crippen molar-refractivity contribution < 1.29 is 32.7 Å². The fraction of sp³-hybridized carbons (Fsp3) is 0.269. The quantitative estimate of drug-likeness (QED) is 0.394. The van der Waals surface area contributed by atoms with Gasteiger partial charge in [0.05, 0.1) is 4.88 Å². The van der Waals surface area contributed by atoms with Crippen LogP contribution in [0.1, 0.15) is 41.9 Å². The number of hydrogen-bond donors (Lipinski definition) is 2. The van der Waals surface area contributed by atoms with Crippen LogP contribution in [0.25, 0.3) is 10.4 Å². The summed E-state index contributed by atoms with van der Waals surface area (Å²) in [4.78, 5) is 39.3. The molecule has 0 aliphatic rings. The number of amides is 2. The summed E-state index contributed by atoms with van der Waals surface area (Å²) < 4.78 is 40.5. The summed E-state index contributed by atoms with van der Waals surface area (Å²) in [6.07, 6.45) is -0.261. The summed E-state index contributed by atoms with van der Waals surface area (Å²) in [7, 11) is 0. The van der Waals surface area contributed by atoms with E-state index in [-0.39, 0.29) is 24.1 Å². The van der Waals surface area contributed by atoms with Crippen molar-refractivity contribution >= 4 is 29.1 Å². The normalized spacial score (nSPS) is 12.2. The van der Waals surface area contributed by atoms with Gasteiger partial charge in [0, 0.05) is 16.8 Å². The zero-order valence-electron chi connectivity index (χ0n) is 19.6. The zero-order chi connectivity index (χ0) is 26.6. The average molecular weight is 519 g/mol. The number of hydrogen-bond acceptors (Lipinski definition) is 4. The van der Waals surface area contributed by atoms with Crippen molar-refractivity contribution in [3.8, 4) is 10.4 Å². The first-order valence-electron chi connectivity index (χ1n) is 11.0. The van der Waals surface area contributed by atoms with Crippen molar-refractivity contribution in [1.29, 1.82) is 0 Å². The second-order valence-corrected chi connectivity index (χ2v) is 10.0. The Labute approximate surface area is 210 Å². The molecule has 0 aliphatic carbocycles. The van der Waals surface area contributed by atoms with Gasteiger partial charge in [0.2, 0.25) is 5.91 Å². The Morgan fingerprint density at radius 2 is 1.67 bits per heavy atom. The molecule has 36 heavy (non-hydrogen) atoms. The highest BCUT2D eigenvalue weighted by Crippen LogP contribution is 2.33. The van der Waals surface area contributed by atoms with Crippen LogP contribution < -0.4 is 5.73 Å². The number of nitrogens with two attached hydrogens (primary N) is 1. The Bertz CT molecular complexity index is 1270. The van der Waals surface area contributed by atoms with Gasteiger partial charge >= 0.3 is 5.97 Å². The summed E-state index contributed by atoms with van der Waals surface area (Å²) in [6, 6.07) is 10.7. The van der Waals surface area contributed by atoms with Crippen LogP contribution in [0, 0.1) is 17.5 Å². The lowest BCUT2D eigenvalue weighted by Crippen LogP contribution is -2.57. The number of rotatable bonds is 10. The zero-order valence-corrected chi connectivity index (χ0v) is 20.4. The molecular formula is C26H25F3N2O4S. The Hall–Kier alpha value is -3.66. The van der Waals surface area contributed by atoms with Gasteiger partial charge in [0.1, 0.15) is 11.9 Å². The second-order valence-electron chi connectivity index (χ2n) is 8.94. The minimum Gasteiger partial charge on any atom is -0.480 e. The van der Waals surface area contributed by atoms with Gasteiger partial charge in [-0.1, -0.05) is 18.2 Å². The van der Waals surface area contributed by atoms with E-state index < -0.39 is 46.8 Å². The van der Waals surface area contributed by atoms with Gasteiger partial charge in [-0.2, -0.15) is 0 Å². The van der Waals surface area contributed by atoms with E-state index in [1.165, 1.54) is 29.2 Å². The van der Waals surface area contributed by atoms with Crippen LogP contribution in [-0.4, -0.2) is 39.4 Å². The number of aliphatic carboxylic acids is 1. The van der Waals surface area contributed by atoms with Crippen molar-refractivity contribution in [3.63, 3.8) is 0 Å². The Morgan fingerprint density at radius 3 is 2.25 bits per heavy atom. The number of carboxylic acid groups (broad SMARTS) is 1. The number of nitrogens with zero attached hydrogens (tertiary/aromatic N) is 1. The fourth-order valence-corrected chi connectivity index (χ4v) is 4.98. The van der Waals surface area contributed by atoms with Crippen LogP contribution in [0.2, 0.25) is 0 Å². The van der Waals surface area contributed by atoms with E-state index in [9.17, 15) is 32.7 Å². The molecule has 2 amide bonds. The standard InChI is InChI=1S/C26H25F3N2O4S/c1-26(2,14-15-3-6-17(27)7-4-15)31(20(25(34)35)9-12-23(30)32)24(33)22-11-10-21(36-22)16-5-8-18(28)19(29)13-16/h3-8,10-11,13,20H,9,12,14H2,1-2H3,(H2,30,32)(H,34,35)/t20-/m0/s1. The Kier molecular flexibility index (Phi) is 8.19. The molecule has 1 aromatic heterocycles. The average Bonchev–Trinajstić information content (AvgIpc) is 3.29. The molecule has 1 atom stereocenters. The Morgan fingerprint density at radius 1 is 1.00 bits per heavy atom. The van der Waals surface area contributed by atoms with E-state index in [1.54, 1.807) is 32.0 Å². The third kappa shape index (κ3) is 6.31. The molecule has 3 N–H and O–H groups in total. The third-order valence-electron chi connectivity index (χ3n) is 5.70. The highest BCUT2D eigenvalue weighted by Gasteiger charge is 2.41. The summed E-state index contributed by atoms with van der Waals surface area (Å²) in [5, 5.41) is 9.99. The molecule has 0 fully saturated rings. The number of carbonyl (C=O) groups is 3. The summed E-state index contributed by atoms with van der Waals surface area (Å²) in [5.41, 5.74) is 5.19. The van der Waals surface area contributed by atoms with Crippen LogP contribution in [0.5, 0.6) is 0 Å². The molecule has 3 rings (SSSR count). The van der Waals surface area contributed by atoms with Gasteiger partial charge in [0.25, 0.3) is 5.91 Å². The van der Waals surface area contributed by atoms with Crippen molar-refractivity contribution in [2.24, 2.45) is 5.73 Å². The molecule has 1 heterocycles. The molecule has 0 unspecified atom stereocenters. The number of halogens is 3. The van der Waals surface area contributed by atoms with E-state index in [1.807, 2.05) is 0 Å². The summed E-state index contributed by atoms with van der Waals surface area (Å²) >= 11 is 1.00. The van der Waals surface area contributed by atoms with Gasteiger partial charge < -0.3 is 15.7 Å². The van der Waals surface area contributed by atoms with Gasteiger partial charge in [-0.15, -0.1) is 11.3 Å². The van der Waals surface area contributed by atoms with Crippen molar-refractivity contribution in [3.05, 3.63) is 82.5 Å². The molecule has 0 spiro atoms. The number of carbonyl (C=O) groups excluding carboxylic acids is 2. The third-order valence-corrected chi connectivity index (χ3v) is 6.83. The van der Waals surface area contributed by atoms with Crippen LogP contribution in [-0.2, 0) is 16.0 Å². The number of thiophene rings is 1. The maximum atomic E-state index is 13.8. The summed E-state index contributed by atoms with van der Waals surface area (Å²) in [6.45, 7) is 3.36. The largest absolute Gasteiger partial charge is 0.480 e. The van der Waals surface area contributed by atoms with E-state index in [2.05, 4.69) is 0 Å². The molecule has 0 saturated carbocycles. The molecule has 0 saturated heterocycles. The van der Waals surface area contributed by atoms with Crippen LogP contribution in [0.3, 0.4) is 0 Å². The molecule has 0 aliphatic heterocycles. The smallest absolute Gasteiger partial charge is 0.326 e. The topological polar surface area (TPSA) is 101 Å². The molecular weight excluding hydrogens is 493 g/mol. The van der Waals surface area contributed by atoms with Gasteiger partial charge in [-0.05, 0) is 74.2 Å². The lowest BCUT2D eigenvalue weighted by atomic mass is 9.90. The SMILES string of the molecule is CC(C)(Cc1ccc(F)cc1)N(C(=O)c1ccc(-c2ccc(F)c(F)c2)s1)[C@@H](CCC(N)=O)C(=O)O. The highest BCUT2D eigenvalue weighted by molar-refractivity contribution is 7.17. The monoisotopic (exact) mass is 518 g/mol. The minimum absolute atomic E-state index is 0.173. The van der Waals surface area contributed by atoms with E-state index in [0.29, 0.717) is 16.0 Å². The predicted octanol–water partition coefficient (Wildman–Crippen LogP) is 5.01. The minimum atomic E-state index is -1.38. The van der Waals surface area contributed by atoms with Gasteiger partial charge in [0.15, 0.2) is 11.6 Å². The van der Waals surface area contributed by atoms with Gasteiger partial charge in [-0.3, -0.25) is 9.59 Å². The van der Waals surface area contributed by atoms with Crippen molar-refractivity contribution in [1.82, 2.24) is 4.90 Å². The number of primary amides is 1. The molecule has 0 bridgehead atoms. The summed E-state index contributed by atoms with van der Waals surface area (Å²) in [5.74, 6) is -5.10. The van der Waals surface area contributed by atoms with Gasteiger partial charge in [-0.25, -0.2) is 18.0 Å². The van der Waals surface area contributed by atoms with E-state index in [0.717, 1.165) is 23.5 Å².